The number of nitrogens with zero attached hydrogens (tertiary/aromatic N) is 3. The molecular weight excluding hydrogens is 294 g/mol. The Hall–Kier alpha value is -2.19. The standard InChI is InChI=1S/C17H17N3OS/c1-12-11-22-16(19-12)14-6-8-20(9-7-14)17(21)15-4-2-13(10-18)3-5-15/h2-5,11,14H,6-9H2,1H3. The Bertz CT molecular complexity index is 706. The van der Waals surface area contributed by atoms with E-state index in [1.807, 2.05) is 11.8 Å². The van der Waals surface area contributed by atoms with Crippen molar-refractivity contribution in [1.82, 2.24) is 9.88 Å². The molecule has 1 aliphatic rings. The molecule has 5 heteroatoms. The molecule has 0 spiro atoms. The molecule has 0 N–H and O–H groups in total. The van der Waals surface area contributed by atoms with Crippen molar-refractivity contribution in [2.45, 2.75) is 25.7 Å². The summed E-state index contributed by atoms with van der Waals surface area (Å²) in [5.41, 5.74) is 2.31. The predicted octanol–water partition coefficient (Wildman–Crippen LogP) is 3.34. The number of rotatable bonds is 2. The molecule has 0 bridgehead atoms. The van der Waals surface area contributed by atoms with Gasteiger partial charge in [-0.15, -0.1) is 11.3 Å². The number of carbonyl (C=O) groups is 1. The van der Waals surface area contributed by atoms with E-state index in [2.05, 4.69) is 16.4 Å². The first-order valence-electron chi connectivity index (χ1n) is 7.39. The minimum atomic E-state index is 0.0539. The zero-order valence-electron chi connectivity index (χ0n) is 12.5. The SMILES string of the molecule is Cc1csc(C2CCN(C(=O)c3ccc(C#N)cc3)CC2)n1. The highest BCUT2D eigenvalue weighted by atomic mass is 32.1. The summed E-state index contributed by atoms with van der Waals surface area (Å²) in [6.07, 6.45) is 1.93. The molecule has 1 aliphatic heterocycles. The van der Waals surface area contributed by atoms with Crippen LogP contribution in [-0.2, 0) is 0 Å². The molecule has 1 saturated heterocycles. The van der Waals surface area contributed by atoms with Crippen LogP contribution >= 0.6 is 11.3 Å². The predicted molar refractivity (Wildman–Crippen MR) is 85.9 cm³/mol. The van der Waals surface area contributed by atoms with E-state index in [1.165, 1.54) is 5.01 Å². The highest BCUT2D eigenvalue weighted by molar-refractivity contribution is 7.09. The third kappa shape index (κ3) is 3.02. The van der Waals surface area contributed by atoms with Crippen LogP contribution in [-0.4, -0.2) is 28.9 Å². The Morgan fingerprint density at radius 1 is 1.32 bits per heavy atom. The number of thiazole rings is 1. The number of hydrogen-bond donors (Lipinski definition) is 0. The van der Waals surface area contributed by atoms with Crippen molar-refractivity contribution in [3.05, 3.63) is 51.5 Å². The van der Waals surface area contributed by atoms with Gasteiger partial charge in [-0.2, -0.15) is 5.26 Å². The third-order valence-corrected chi connectivity index (χ3v) is 5.15. The Morgan fingerprint density at radius 3 is 2.55 bits per heavy atom. The maximum absolute atomic E-state index is 12.5. The van der Waals surface area contributed by atoms with Crippen LogP contribution in [0.5, 0.6) is 0 Å². The molecule has 1 aromatic heterocycles. The van der Waals surface area contributed by atoms with Gasteiger partial charge in [0.25, 0.3) is 5.91 Å². The van der Waals surface area contributed by atoms with E-state index in [-0.39, 0.29) is 5.91 Å². The molecule has 2 heterocycles. The quantitative estimate of drug-likeness (QED) is 0.854. The summed E-state index contributed by atoms with van der Waals surface area (Å²) >= 11 is 1.72. The normalized spacial score (nSPS) is 15.5. The van der Waals surface area contributed by atoms with Gasteiger partial charge in [0.2, 0.25) is 0 Å². The molecule has 0 radical (unpaired) electrons. The monoisotopic (exact) mass is 311 g/mol. The molecule has 112 valence electrons. The van der Waals surface area contributed by atoms with Crippen LogP contribution < -0.4 is 0 Å². The van der Waals surface area contributed by atoms with Crippen molar-refractivity contribution in [2.24, 2.45) is 0 Å². The van der Waals surface area contributed by atoms with Gasteiger partial charge in [-0.05, 0) is 44.0 Å². The number of nitriles is 1. The van der Waals surface area contributed by atoms with Gasteiger partial charge >= 0.3 is 0 Å². The lowest BCUT2D eigenvalue weighted by Gasteiger charge is -2.31. The first kappa shape index (κ1) is 14.7. The van der Waals surface area contributed by atoms with Crippen molar-refractivity contribution in [2.75, 3.05) is 13.1 Å². The molecule has 4 nitrogen and oxygen atoms in total. The van der Waals surface area contributed by atoms with E-state index in [0.717, 1.165) is 31.6 Å². The van der Waals surface area contributed by atoms with E-state index in [1.54, 1.807) is 35.6 Å². The number of hydrogen-bond acceptors (Lipinski definition) is 4. The lowest BCUT2D eigenvalue weighted by atomic mass is 9.97. The summed E-state index contributed by atoms with van der Waals surface area (Å²) in [6.45, 7) is 3.55. The second-order valence-electron chi connectivity index (χ2n) is 5.58. The maximum Gasteiger partial charge on any atom is 0.253 e. The van der Waals surface area contributed by atoms with Gasteiger partial charge < -0.3 is 4.90 Å². The van der Waals surface area contributed by atoms with Gasteiger partial charge in [-0.3, -0.25) is 4.79 Å². The largest absolute Gasteiger partial charge is 0.339 e. The number of likely N-dealkylation sites (tertiary alicyclic amines) is 1. The number of carbonyl (C=O) groups excluding carboxylic acids is 1. The molecular formula is C17H17N3OS. The molecule has 1 fully saturated rings. The van der Waals surface area contributed by atoms with Crippen molar-refractivity contribution >= 4 is 17.2 Å². The Labute approximate surface area is 134 Å². The average Bonchev–Trinajstić information content (AvgIpc) is 3.01. The topological polar surface area (TPSA) is 57.0 Å². The van der Waals surface area contributed by atoms with Gasteiger partial charge in [0, 0.05) is 35.6 Å². The van der Waals surface area contributed by atoms with Gasteiger partial charge in [0.05, 0.1) is 16.6 Å². The second kappa shape index (κ2) is 6.29. The molecule has 0 aliphatic carbocycles. The van der Waals surface area contributed by atoms with Crippen molar-refractivity contribution in [1.29, 1.82) is 5.26 Å². The van der Waals surface area contributed by atoms with Crippen LogP contribution in [0.4, 0.5) is 0 Å². The average molecular weight is 311 g/mol. The van der Waals surface area contributed by atoms with Gasteiger partial charge in [-0.25, -0.2) is 4.98 Å². The summed E-state index contributed by atoms with van der Waals surface area (Å²) in [4.78, 5) is 18.9. The van der Waals surface area contributed by atoms with E-state index >= 15 is 0 Å². The lowest BCUT2D eigenvalue weighted by molar-refractivity contribution is 0.0713. The lowest BCUT2D eigenvalue weighted by Crippen LogP contribution is -2.37. The smallest absolute Gasteiger partial charge is 0.253 e. The number of aryl methyl sites for hydroxylation is 1. The zero-order chi connectivity index (χ0) is 15.5. The molecule has 1 amide bonds. The summed E-state index contributed by atoms with van der Waals surface area (Å²) in [6, 6.07) is 8.92. The summed E-state index contributed by atoms with van der Waals surface area (Å²) < 4.78 is 0. The molecule has 0 unspecified atom stereocenters. The highest BCUT2D eigenvalue weighted by Gasteiger charge is 2.26. The molecule has 2 aromatic rings. The van der Waals surface area contributed by atoms with Gasteiger partial charge in [0.1, 0.15) is 0 Å². The first-order chi connectivity index (χ1) is 10.7. The van der Waals surface area contributed by atoms with Crippen LogP contribution in [0, 0.1) is 18.3 Å². The van der Waals surface area contributed by atoms with E-state index in [0.29, 0.717) is 17.0 Å². The summed E-state index contributed by atoms with van der Waals surface area (Å²) in [5.74, 6) is 0.530. The highest BCUT2D eigenvalue weighted by Crippen LogP contribution is 2.30. The van der Waals surface area contributed by atoms with E-state index in [4.69, 9.17) is 5.26 Å². The Kier molecular flexibility index (Phi) is 4.21. The van der Waals surface area contributed by atoms with Gasteiger partial charge in [-0.1, -0.05) is 0 Å². The fourth-order valence-corrected chi connectivity index (χ4v) is 3.73. The molecule has 3 rings (SSSR count). The summed E-state index contributed by atoms with van der Waals surface area (Å²) in [5, 5.41) is 12.1. The fourth-order valence-electron chi connectivity index (χ4n) is 2.76. The minimum Gasteiger partial charge on any atom is -0.339 e. The van der Waals surface area contributed by atoms with Gasteiger partial charge in [0.15, 0.2) is 0 Å². The van der Waals surface area contributed by atoms with Crippen LogP contribution in [0.2, 0.25) is 0 Å². The Morgan fingerprint density at radius 2 is 2.00 bits per heavy atom. The number of amides is 1. The second-order valence-corrected chi connectivity index (χ2v) is 6.47. The maximum atomic E-state index is 12.5. The van der Waals surface area contributed by atoms with Crippen molar-refractivity contribution < 1.29 is 4.79 Å². The fraction of sp³-hybridized carbons (Fsp3) is 0.353. The number of aromatic nitrogens is 1. The molecule has 0 saturated carbocycles. The molecule has 1 aromatic carbocycles. The first-order valence-corrected chi connectivity index (χ1v) is 8.27. The number of benzene rings is 1. The van der Waals surface area contributed by atoms with Crippen molar-refractivity contribution in [3.63, 3.8) is 0 Å². The van der Waals surface area contributed by atoms with Crippen molar-refractivity contribution in [3.8, 4) is 6.07 Å². The zero-order valence-corrected chi connectivity index (χ0v) is 13.3. The number of piperidine rings is 1. The minimum absolute atomic E-state index is 0.0539. The van der Waals surface area contributed by atoms with Crippen LogP contribution in [0.1, 0.15) is 45.4 Å². The third-order valence-electron chi connectivity index (χ3n) is 4.03. The van der Waals surface area contributed by atoms with Crippen LogP contribution in [0.15, 0.2) is 29.6 Å². The summed E-state index contributed by atoms with van der Waals surface area (Å²) in [7, 11) is 0. The van der Waals surface area contributed by atoms with Crippen LogP contribution in [0.3, 0.4) is 0 Å². The Balaban J connectivity index is 1.63. The molecule has 0 atom stereocenters. The molecule has 22 heavy (non-hydrogen) atoms. The van der Waals surface area contributed by atoms with E-state index < -0.39 is 0 Å². The van der Waals surface area contributed by atoms with E-state index in [9.17, 15) is 4.79 Å². The van der Waals surface area contributed by atoms with Crippen LogP contribution in [0.25, 0.3) is 0 Å².